The highest BCUT2D eigenvalue weighted by molar-refractivity contribution is 5.94. The number of methoxy groups -OCH3 is 1. The van der Waals surface area contributed by atoms with Crippen molar-refractivity contribution in [1.29, 1.82) is 0 Å². The van der Waals surface area contributed by atoms with Crippen LogP contribution in [0.2, 0.25) is 0 Å². The van der Waals surface area contributed by atoms with Gasteiger partial charge >= 0.3 is 0 Å². The van der Waals surface area contributed by atoms with Crippen molar-refractivity contribution in [3.63, 3.8) is 0 Å². The molecule has 2 aromatic rings. The van der Waals surface area contributed by atoms with Gasteiger partial charge in [0.05, 0.1) is 25.0 Å². The van der Waals surface area contributed by atoms with Crippen molar-refractivity contribution in [2.75, 3.05) is 14.2 Å². The molecule has 2 atom stereocenters. The molecule has 0 aliphatic carbocycles. The van der Waals surface area contributed by atoms with Gasteiger partial charge in [-0.3, -0.25) is 9.48 Å². The van der Waals surface area contributed by atoms with Crippen LogP contribution in [0.5, 0.6) is 5.75 Å². The van der Waals surface area contributed by atoms with Crippen molar-refractivity contribution in [2.24, 2.45) is 7.05 Å². The topological polar surface area (TPSA) is 56.6 Å². The number of aromatic nitrogens is 2. The lowest BCUT2D eigenvalue weighted by Gasteiger charge is -2.25. The number of carbonyl (C=O) groups is 1. The number of hydrogen-bond acceptors (Lipinski definition) is 4. The van der Waals surface area contributed by atoms with E-state index in [4.69, 9.17) is 9.47 Å². The van der Waals surface area contributed by atoms with E-state index in [1.165, 1.54) is 0 Å². The summed E-state index contributed by atoms with van der Waals surface area (Å²) in [6.07, 6.45) is 0.690. The van der Waals surface area contributed by atoms with Gasteiger partial charge in [0.15, 0.2) is 0 Å². The van der Waals surface area contributed by atoms with Crippen LogP contribution in [0.1, 0.15) is 52.8 Å². The first-order valence-corrected chi connectivity index (χ1v) is 8.92. The van der Waals surface area contributed by atoms with Gasteiger partial charge in [-0.15, -0.1) is 0 Å². The standard InChI is InChI=1S/C20H27N3O3/c1-12-7-8-17(25-6)15(9-12)11-22(4)20(24)19-16-10-13(2)26-14(3)18(16)21-23(19)5/h7-9,13-14H,10-11H2,1-6H3/t13-,14+/m1/s1. The van der Waals surface area contributed by atoms with Crippen LogP contribution in [-0.2, 0) is 24.8 Å². The van der Waals surface area contributed by atoms with Crippen molar-refractivity contribution >= 4 is 5.91 Å². The fraction of sp³-hybridized carbons (Fsp3) is 0.500. The number of rotatable bonds is 4. The van der Waals surface area contributed by atoms with Gasteiger partial charge in [-0.05, 0) is 26.8 Å². The fourth-order valence-corrected chi connectivity index (χ4v) is 3.67. The van der Waals surface area contributed by atoms with Crippen molar-refractivity contribution in [2.45, 2.75) is 45.9 Å². The van der Waals surface area contributed by atoms with Gasteiger partial charge in [0.1, 0.15) is 11.4 Å². The Balaban J connectivity index is 1.90. The number of fused-ring (bicyclic) bond motifs is 1. The number of hydrogen-bond donors (Lipinski definition) is 0. The SMILES string of the molecule is COc1ccc(C)cc1CN(C)C(=O)c1c2c(nn1C)[C@H](C)O[C@H](C)C2. The maximum atomic E-state index is 13.2. The Labute approximate surface area is 154 Å². The molecular weight excluding hydrogens is 330 g/mol. The van der Waals surface area contributed by atoms with Gasteiger partial charge in [0.2, 0.25) is 0 Å². The van der Waals surface area contributed by atoms with Gasteiger partial charge in [0, 0.05) is 38.2 Å². The normalized spacial score (nSPS) is 19.2. The molecular formula is C20H27N3O3. The van der Waals surface area contributed by atoms with E-state index in [2.05, 4.69) is 11.2 Å². The zero-order valence-electron chi connectivity index (χ0n) is 16.4. The van der Waals surface area contributed by atoms with Crippen LogP contribution in [0.15, 0.2) is 18.2 Å². The Kier molecular flexibility index (Phi) is 5.05. The van der Waals surface area contributed by atoms with Crippen LogP contribution in [0.25, 0.3) is 0 Å². The molecule has 0 radical (unpaired) electrons. The Morgan fingerprint density at radius 2 is 2.15 bits per heavy atom. The van der Waals surface area contributed by atoms with Gasteiger partial charge in [-0.1, -0.05) is 17.7 Å². The molecule has 0 fully saturated rings. The quantitative estimate of drug-likeness (QED) is 0.844. The second-order valence-corrected chi connectivity index (χ2v) is 7.11. The van der Waals surface area contributed by atoms with E-state index in [-0.39, 0.29) is 18.1 Å². The zero-order chi connectivity index (χ0) is 19.0. The fourth-order valence-electron chi connectivity index (χ4n) is 3.67. The van der Waals surface area contributed by atoms with Crippen molar-refractivity contribution in [3.8, 4) is 5.75 Å². The van der Waals surface area contributed by atoms with E-state index < -0.39 is 0 Å². The average Bonchev–Trinajstić information content (AvgIpc) is 2.90. The third-order valence-electron chi connectivity index (χ3n) is 4.88. The molecule has 1 aliphatic rings. The van der Waals surface area contributed by atoms with E-state index in [0.29, 0.717) is 18.7 Å². The highest BCUT2D eigenvalue weighted by atomic mass is 16.5. The maximum Gasteiger partial charge on any atom is 0.272 e. The molecule has 0 saturated heterocycles. The molecule has 0 saturated carbocycles. The van der Waals surface area contributed by atoms with Crippen LogP contribution < -0.4 is 4.74 Å². The smallest absolute Gasteiger partial charge is 0.272 e. The van der Waals surface area contributed by atoms with Crippen LogP contribution in [0.4, 0.5) is 0 Å². The molecule has 1 aromatic heterocycles. The first kappa shape index (κ1) is 18.5. The lowest BCUT2D eigenvalue weighted by molar-refractivity contribution is -0.00713. The van der Waals surface area contributed by atoms with E-state index in [1.807, 2.05) is 47.0 Å². The zero-order valence-corrected chi connectivity index (χ0v) is 16.4. The third-order valence-corrected chi connectivity index (χ3v) is 4.88. The van der Waals surface area contributed by atoms with E-state index in [1.54, 1.807) is 16.7 Å². The van der Waals surface area contributed by atoms with Crippen LogP contribution in [0, 0.1) is 6.92 Å². The lowest BCUT2D eigenvalue weighted by Crippen LogP contribution is -2.30. The first-order chi connectivity index (χ1) is 12.3. The summed E-state index contributed by atoms with van der Waals surface area (Å²) in [5.74, 6) is 0.754. The number of ether oxygens (including phenoxy) is 2. The Hall–Kier alpha value is -2.34. The number of benzene rings is 1. The molecule has 3 rings (SSSR count). The van der Waals surface area contributed by atoms with Gasteiger partial charge < -0.3 is 14.4 Å². The third kappa shape index (κ3) is 3.33. The highest BCUT2D eigenvalue weighted by Gasteiger charge is 2.32. The molecule has 0 N–H and O–H groups in total. The molecule has 140 valence electrons. The van der Waals surface area contributed by atoms with Crippen molar-refractivity contribution in [3.05, 3.63) is 46.3 Å². The average molecular weight is 357 g/mol. The minimum atomic E-state index is -0.0938. The molecule has 1 aromatic carbocycles. The Morgan fingerprint density at radius 1 is 1.42 bits per heavy atom. The summed E-state index contributed by atoms with van der Waals surface area (Å²) < 4.78 is 13.0. The van der Waals surface area contributed by atoms with Crippen LogP contribution in [0.3, 0.4) is 0 Å². The Bertz CT molecular complexity index is 828. The van der Waals surface area contributed by atoms with Crippen LogP contribution in [-0.4, -0.2) is 40.8 Å². The number of nitrogens with zero attached hydrogens (tertiary/aromatic N) is 3. The number of carbonyl (C=O) groups excluding carboxylic acids is 1. The molecule has 2 heterocycles. The minimum absolute atomic E-state index is 0.0360. The monoisotopic (exact) mass is 357 g/mol. The summed E-state index contributed by atoms with van der Waals surface area (Å²) in [5.41, 5.74) is 4.65. The van der Waals surface area contributed by atoms with Crippen molar-refractivity contribution in [1.82, 2.24) is 14.7 Å². The van der Waals surface area contributed by atoms with E-state index in [0.717, 1.165) is 28.1 Å². The predicted molar refractivity (Wildman–Crippen MR) is 99.4 cm³/mol. The molecule has 1 aliphatic heterocycles. The lowest BCUT2D eigenvalue weighted by atomic mass is 9.99. The molecule has 0 bridgehead atoms. The number of aryl methyl sites for hydroxylation is 2. The summed E-state index contributed by atoms with van der Waals surface area (Å²) in [5, 5.41) is 4.54. The molecule has 0 spiro atoms. The highest BCUT2D eigenvalue weighted by Crippen LogP contribution is 2.32. The molecule has 1 amide bonds. The summed E-state index contributed by atoms with van der Waals surface area (Å²) in [6, 6.07) is 6.00. The second-order valence-electron chi connectivity index (χ2n) is 7.11. The summed E-state index contributed by atoms with van der Waals surface area (Å²) >= 11 is 0. The van der Waals surface area contributed by atoms with Gasteiger partial charge in [-0.2, -0.15) is 5.10 Å². The second kappa shape index (κ2) is 7.11. The largest absolute Gasteiger partial charge is 0.496 e. The van der Waals surface area contributed by atoms with E-state index in [9.17, 15) is 4.79 Å². The van der Waals surface area contributed by atoms with Gasteiger partial charge in [-0.25, -0.2) is 0 Å². The molecule has 0 unspecified atom stereocenters. The van der Waals surface area contributed by atoms with E-state index >= 15 is 0 Å². The Morgan fingerprint density at radius 3 is 2.85 bits per heavy atom. The maximum absolute atomic E-state index is 13.2. The summed E-state index contributed by atoms with van der Waals surface area (Å²) in [6.45, 7) is 6.52. The first-order valence-electron chi connectivity index (χ1n) is 8.92. The van der Waals surface area contributed by atoms with Crippen LogP contribution >= 0.6 is 0 Å². The molecule has 6 nitrogen and oxygen atoms in total. The minimum Gasteiger partial charge on any atom is -0.496 e. The summed E-state index contributed by atoms with van der Waals surface area (Å²) in [4.78, 5) is 14.9. The molecule has 6 heteroatoms. The van der Waals surface area contributed by atoms with Gasteiger partial charge in [0.25, 0.3) is 5.91 Å². The molecule has 26 heavy (non-hydrogen) atoms. The summed E-state index contributed by atoms with van der Waals surface area (Å²) in [7, 11) is 5.29. The van der Waals surface area contributed by atoms with Crippen molar-refractivity contribution < 1.29 is 14.3 Å². The predicted octanol–water partition coefficient (Wildman–Crippen LogP) is 3.03. The number of amides is 1.